The second-order valence-corrected chi connectivity index (χ2v) is 5.59. The number of aromatic nitrogens is 2. The monoisotopic (exact) mass is 341 g/mol. The van der Waals surface area contributed by atoms with E-state index in [1.807, 2.05) is 55.6 Å². The van der Waals surface area contributed by atoms with Crippen LogP contribution in [0.3, 0.4) is 0 Å². The first-order chi connectivity index (χ1) is 11.6. The largest absolute Gasteiger partial charge is 0.376 e. The number of nitrogens with one attached hydrogen (secondary N) is 2. The molecule has 0 aliphatic rings. The molecule has 0 unspecified atom stereocenters. The van der Waals surface area contributed by atoms with Gasteiger partial charge in [-0.05, 0) is 31.2 Å². The van der Waals surface area contributed by atoms with Crippen molar-refractivity contribution in [3.8, 4) is 0 Å². The summed E-state index contributed by atoms with van der Waals surface area (Å²) in [6.07, 6.45) is 3.31. The van der Waals surface area contributed by atoms with Crippen LogP contribution in [0.1, 0.15) is 11.3 Å². The fourth-order valence-corrected chi connectivity index (χ4v) is 2.39. The lowest BCUT2D eigenvalue weighted by molar-refractivity contribution is -0.119. The van der Waals surface area contributed by atoms with E-state index in [0.29, 0.717) is 10.8 Å². The Bertz CT molecular complexity index is 886. The summed E-state index contributed by atoms with van der Waals surface area (Å²) in [4.78, 5) is 16.0. The first-order valence-electron chi connectivity index (χ1n) is 7.38. The first-order valence-corrected chi connectivity index (χ1v) is 7.76. The Hall–Kier alpha value is -2.86. The van der Waals surface area contributed by atoms with E-state index < -0.39 is 0 Å². The number of carbonyl (C=O) groups is 1. The molecule has 1 aromatic carbocycles. The molecule has 0 fully saturated rings. The molecule has 2 heterocycles. The number of halogens is 1. The van der Waals surface area contributed by atoms with Gasteiger partial charge in [0, 0.05) is 11.9 Å². The maximum Gasteiger partial charge on any atom is 0.259 e. The van der Waals surface area contributed by atoms with Crippen LogP contribution in [0.25, 0.3) is 5.65 Å². The van der Waals surface area contributed by atoms with E-state index in [1.54, 1.807) is 4.40 Å². The predicted molar refractivity (Wildman–Crippen MR) is 95.6 cm³/mol. The quantitative estimate of drug-likeness (QED) is 0.553. The SMILES string of the molecule is Cc1ccc(NCC(=O)NN=Cc2c(Cl)nc3ccccn23)cc1. The molecule has 0 aliphatic carbocycles. The molecule has 3 rings (SSSR count). The summed E-state index contributed by atoms with van der Waals surface area (Å²) in [6.45, 7) is 2.14. The molecular formula is C17H16ClN5O. The van der Waals surface area contributed by atoms with E-state index in [4.69, 9.17) is 11.6 Å². The van der Waals surface area contributed by atoms with Crippen LogP contribution in [0, 0.1) is 6.92 Å². The van der Waals surface area contributed by atoms with Gasteiger partial charge in [0.2, 0.25) is 0 Å². The number of pyridine rings is 1. The molecule has 7 heteroatoms. The minimum Gasteiger partial charge on any atom is -0.376 e. The molecule has 1 amide bonds. The standard InChI is InChI=1S/C17H16ClN5O/c1-12-5-7-13(8-6-12)19-11-16(24)22-20-10-14-17(18)21-15-4-2-3-9-23(14)15/h2-10,19H,11H2,1H3,(H,22,24). The second-order valence-electron chi connectivity index (χ2n) is 5.23. The van der Waals surface area contributed by atoms with Crippen LogP contribution in [0.5, 0.6) is 0 Å². The van der Waals surface area contributed by atoms with E-state index in [9.17, 15) is 4.79 Å². The number of fused-ring (bicyclic) bond motifs is 1. The average molecular weight is 342 g/mol. The number of hydrogen-bond acceptors (Lipinski definition) is 4. The molecule has 3 aromatic rings. The molecule has 0 saturated carbocycles. The second kappa shape index (κ2) is 7.14. The number of amides is 1. The van der Waals surface area contributed by atoms with Crippen LogP contribution in [0.15, 0.2) is 53.8 Å². The van der Waals surface area contributed by atoms with Crippen molar-refractivity contribution in [1.82, 2.24) is 14.8 Å². The van der Waals surface area contributed by atoms with Crippen molar-refractivity contribution in [2.45, 2.75) is 6.92 Å². The van der Waals surface area contributed by atoms with Gasteiger partial charge in [0.1, 0.15) is 11.3 Å². The van der Waals surface area contributed by atoms with Crippen LogP contribution in [0.2, 0.25) is 5.15 Å². The summed E-state index contributed by atoms with van der Waals surface area (Å²) >= 11 is 6.09. The minimum atomic E-state index is -0.253. The van der Waals surface area contributed by atoms with Gasteiger partial charge >= 0.3 is 0 Å². The van der Waals surface area contributed by atoms with Gasteiger partial charge in [-0.25, -0.2) is 10.4 Å². The fourth-order valence-electron chi connectivity index (χ4n) is 2.16. The molecule has 0 atom stereocenters. The molecule has 2 aromatic heterocycles. The average Bonchev–Trinajstić information content (AvgIpc) is 2.90. The van der Waals surface area contributed by atoms with E-state index in [1.165, 1.54) is 11.8 Å². The third kappa shape index (κ3) is 3.72. The lowest BCUT2D eigenvalue weighted by Gasteiger charge is -2.05. The molecule has 122 valence electrons. The maximum atomic E-state index is 11.8. The number of rotatable bonds is 5. The zero-order valence-electron chi connectivity index (χ0n) is 13.0. The molecule has 0 aliphatic heterocycles. The fraction of sp³-hybridized carbons (Fsp3) is 0.118. The van der Waals surface area contributed by atoms with Gasteiger partial charge in [0.15, 0.2) is 5.15 Å². The third-order valence-corrected chi connectivity index (χ3v) is 3.68. The molecule has 2 N–H and O–H groups in total. The van der Waals surface area contributed by atoms with Crippen molar-refractivity contribution in [3.63, 3.8) is 0 Å². The van der Waals surface area contributed by atoms with Gasteiger partial charge in [-0.1, -0.05) is 35.4 Å². The molecule has 0 spiro atoms. The van der Waals surface area contributed by atoms with Gasteiger partial charge < -0.3 is 5.32 Å². The highest BCUT2D eigenvalue weighted by Gasteiger charge is 2.07. The topological polar surface area (TPSA) is 70.8 Å². The first kappa shape index (κ1) is 16.0. The maximum absolute atomic E-state index is 11.8. The third-order valence-electron chi connectivity index (χ3n) is 3.40. The number of anilines is 1. The van der Waals surface area contributed by atoms with Crippen molar-refractivity contribution in [2.24, 2.45) is 5.10 Å². The van der Waals surface area contributed by atoms with E-state index in [-0.39, 0.29) is 12.5 Å². The summed E-state index contributed by atoms with van der Waals surface area (Å²) in [5.41, 5.74) is 5.84. The van der Waals surface area contributed by atoms with Crippen molar-refractivity contribution >= 4 is 35.1 Å². The predicted octanol–water partition coefficient (Wildman–Crippen LogP) is 2.86. The van der Waals surface area contributed by atoms with E-state index >= 15 is 0 Å². The number of carbonyl (C=O) groups excluding carboxylic acids is 1. The molecule has 0 radical (unpaired) electrons. The Balaban J connectivity index is 1.58. The number of aryl methyl sites for hydroxylation is 1. The number of hydrazone groups is 1. The Labute approximate surface area is 144 Å². The number of nitrogens with zero attached hydrogens (tertiary/aromatic N) is 3. The van der Waals surface area contributed by atoms with Crippen LogP contribution >= 0.6 is 11.6 Å². The van der Waals surface area contributed by atoms with Crippen LogP contribution in [-0.2, 0) is 4.79 Å². The normalized spacial score (nSPS) is 11.1. The molecule has 6 nitrogen and oxygen atoms in total. The zero-order chi connectivity index (χ0) is 16.9. The molecular weight excluding hydrogens is 326 g/mol. The van der Waals surface area contributed by atoms with E-state index in [2.05, 4.69) is 20.8 Å². The zero-order valence-corrected chi connectivity index (χ0v) is 13.8. The molecule has 0 bridgehead atoms. The highest BCUT2D eigenvalue weighted by Crippen LogP contribution is 2.15. The van der Waals surface area contributed by atoms with E-state index in [0.717, 1.165) is 11.3 Å². The Morgan fingerprint density at radius 3 is 2.88 bits per heavy atom. The molecule has 24 heavy (non-hydrogen) atoms. The lowest BCUT2D eigenvalue weighted by Crippen LogP contribution is -2.25. The number of benzene rings is 1. The number of imidazole rings is 1. The highest BCUT2D eigenvalue weighted by molar-refractivity contribution is 6.32. The molecule has 0 saturated heterocycles. The van der Waals surface area contributed by atoms with Crippen molar-refractivity contribution in [1.29, 1.82) is 0 Å². The summed E-state index contributed by atoms with van der Waals surface area (Å²) in [5, 5.41) is 7.30. The smallest absolute Gasteiger partial charge is 0.259 e. The van der Waals surface area contributed by atoms with Gasteiger partial charge in [-0.3, -0.25) is 9.20 Å². The summed E-state index contributed by atoms with van der Waals surface area (Å²) in [6, 6.07) is 13.4. The minimum absolute atomic E-state index is 0.126. The summed E-state index contributed by atoms with van der Waals surface area (Å²) < 4.78 is 1.79. The van der Waals surface area contributed by atoms with Crippen LogP contribution < -0.4 is 10.7 Å². The van der Waals surface area contributed by atoms with Gasteiger partial charge in [0.25, 0.3) is 5.91 Å². The lowest BCUT2D eigenvalue weighted by atomic mass is 10.2. The highest BCUT2D eigenvalue weighted by atomic mass is 35.5. The van der Waals surface area contributed by atoms with Crippen molar-refractivity contribution in [2.75, 3.05) is 11.9 Å². The summed E-state index contributed by atoms with van der Waals surface area (Å²) in [7, 11) is 0. The Morgan fingerprint density at radius 1 is 1.29 bits per heavy atom. The van der Waals surface area contributed by atoms with Gasteiger partial charge in [-0.2, -0.15) is 5.10 Å². The van der Waals surface area contributed by atoms with Crippen LogP contribution in [-0.4, -0.2) is 28.1 Å². The van der Waals surface area contributed by atoms with Crippen LogP contribution in [0.4, 0.5) is 5.69 Å². The van der Waals surface area contributed by atoms with Gasteiger partial charge in [0.05, 0.1) is 12.8 Å². The number of hydrogen-bond donors (Lipinski definition) is 2. The summed E-state index contributed by atoms with van der Waals surface area (Å²) in [5.74, 6) is -0.253. The van der Waals surface area contributed by atoms with Crippen molar-refractivity contribution in [3.05, 3.63) is 65.1 Å². The Kier molecular flexibility index (Phi) is 4.77. The van der Waals surface area contributed by atoms with Gasteiger partial charge in [-0.15, -0.1) is 0 Å². The van der Waals surface area contributed by atoms with Crippen molar-refractivity contribution < 1.29 is 4.79 Å². The Morgan fingerprint density at radius 2 is 2.08 bits per heavy atom.